The molecule has 0 radical (unpaired) electrons. The number of hydrogen-bond acceptors (Lipinski definition) is 2. The van der Waals surface area contributed by atoms with Gasteiger partial charge in [0, 0.05) is 5.69 Å². The van der Waals surface area contributed by atoms with Crippen molar-refractivity contribution in [2.75, 3.05) is 5.73 Å². The van der Waals surface area contributed by atoms with Crippen LogP contribution < -0.4 is 11.1 Å². The molecule has 0 bridgehead atoms. The molecule has 1 unspecified atom stereocenters. The summed E-state index contributed by atoms with van der Waals surface area (Å²) in [7, 11) is 0. The summed E-state index contributed by atoms with van der Waals surface area (Å²) in [4.78, 5) is 12.1. The first-order chi connectivity index (χ1) is 9.58. The molecule has 3 N–H and O–H groups in total. The highest BCUT2D eigenvalue weighted by Gasteiger charge is 2.12. The number of carbonyl (C=O) groups excluding carboxylic acids is 1. The van der Waals surface area contributed by atoms with Crippen LogP contribution in [0.2, 0.25) is 0 Å². The number of nitrogens with one attached hydrogen (secondary N) is 1. The lowest BCUT2D eigenvalue weighted by Crippen LogP contribution is -2.28. The van der Waals surface area contributed by atoms with Gasteiger partial charge in [0.15, 0.2) is 0 Å². The van der Waals surface area contributed by atoms with Crippen molar-refractivity contribution in [1.29, 1.82) is 0 Å². The lowest BCUT2D eigenvalue weighted by atomic mass is 10.0. The van der Waals surface area contributed by atoms with Gasteiger partial charge in [-0.1, -0.05) is 42.5 Å². The maximum absolute atomic E-state index is 12.1. The van der Waals surface area contributed by atoms with Crippen LogP contribution in [-0.2, 0) is 11.2 Å². The SMILES string of the molecule is Cc1ccccc1C(C)NC(=O)Cc1ccccc1N. The van der Waals surface area contributed by atoms with E-state index < -0.39 is 0 Å². The van der Waals surface area contributed by atoms with Crippen molar-refractivity contribution in [1.82, 2.24) is 5.32 Å². The van der Waals surface area contributed by atoms with Crippen LogP contribution in [0.3, 0.4) is 0 Å². The second-order valence-corrected chi connectivity index (χ2v) is 5.02. The molecule has 0 aliphatic rings. The fraction of sp³-hybridized carbons (Fsp3) is 0.235. The number of benzene rings is 2. The van der Waals surface area contributed by atoms with E-state index in [2.05, 4.69) is 5.32 Å². The Morgan fingerprint density at radius 1 is 1.15 bits per heavy atom. The van der Waals surface area contributed by atoms with Crippen molar-refractivity contribution < 1.29 is 4.79 Å². The molecule has 0 spiro atoms. The number of anilines is 1. The fourth-order valence-corrected chi connectivity index (χ4v) is 2.31. The Hall–Kier alpha value is -2.29. The van der Waals surface area contributed by atoms with Gasteiger partial charge in [-0.3, -0.25) is 4.79 Å². The van der Waals surface area contributed by atoms with Crippen molar-refractivity contribution in [2.24, 2.45) is 0 Å². The number of nitrogens with two attached hydrogens (primary N) is 1. The number of para-hydroxylation sites is 1. The number of carbonyl (C=O) groups is 1. The van der Waals surface area contributed by atoms with Crippen LogP contribution in [0.4, 0.5) is 5.69 Å². The lowest BCUT2D eigenvalue weighted by molar-refractivity contribution is -0.121. The van der Waals surface area contributed by atoms with Gasteiger partial charge in [0.25, 0.3) is 0 Å². The van der Waals surface area contributed by atoms with Crippen LogP contribution >= 0.6 is 0 Å². The van der Waals surface area contributed by atoms with Gasteiger partial charge < -0.3 is 11.1 Å². The molecule has 3 heteroatoms. The van der Waals surface area contributed by atoms with Crippen LogP contribution in [0.5, 0.6) is 0 Å². The summed E-state index contributed by atoms with van der Waals surface area (Å²) >= 11 is 0. The van der Waals surface area contributed by atoms with E-state index in [0.29, 0.717) is 12.1 Å². The van der Waals surface area contributed by atoms with E-state index in [1.165, 1.54) is 5.56 Å². The maximum atomic E-state index is 12.1. The van der Waals surface area contributed by atoms with E-state index in [9.17, 15) is 4.79 Å². The summed E-state index contributed by atoms with van der Waals surface area (Å²) in [5.74, 6) is -0.0151. The van der Waals surface area contributed by atoms with Crippen LogP contribution in [-0.4, -0.2) is 5.91 Å². The Labute approximate surface area is 119 Å². The van der Waals surface area contributed by atoms with Crippen molar-refractivity contribution >= 4 is 11.6 Å². The van der Waals surface area contributed by atoms with Crippen LogP contribution in [0.15, 0.2) is 48.5 Å². The third kappa shape index (κ3) is 3.38. The molecule has 1 atom stereocenters. The van der Waals surface area contributed by atoms with Gasteiger partial charge in [-0.25, -0.2) is 0 Å². The molecule has 1 amide bonds. The normalized spacial score (nSPS) is 11.9. The maximum Gasteiger partial charge on any atom is 0.224 e. The minimum absolute atomic E-state index is 0.00589. The zero-order valence-electron chi connectivity index (χ0n) is 11.9. The standard InChI is InChI=1S/C17H20N2O/c1-12-7-3-5-9-15(12)13(2)19-17(20)11-14-8-4-6-10-16(14)18/h3-10,13H,11,18H2,1-2H3,(H,19,20). The van der Waals surface area contributed by atoms with Gasteiger partial charge in [0.05, 0.1) is 12.5 Å². The quantitative estimate of drug-likeness (QED) is 0.837. The van der Waals surface area contributed by atoms with Gasteiger partial charge >= 0.3 is 0 Å². The van der Waals surface area contributed by atoms with Crippen molar-refractivity contribution in [3.63, 3.8) is 0 Å². The summed E-state index contributed by atoms with van der Waals surface area (Å²) < 4.78 is 0. The van der Waals surface area contributed by atoms with E-state index in [-0.39, 0.29) is 11.9 Å². The van der Waals surface area contributed by atoms with Crippen LogP contribution in [0, 0.1) is 6.92 Å². The summed E-state index contributed by atoms with van der Waals surface area (Å²) in [6.45, 7) is 4.04. The third-order valence-corrected chi connectivity index (χ3v) is 3.44. The second kappa shape index (κ2) is 6.24. The molecule has 2 rings (SSSR count). The predicted molar refractivity (Wildman–Crippen MR) is 82.3 cm³/mol. The molecule has 3 nitrogen and oxygen atoms in total. The summed E-state index contributed by atoms with van der Waals surface area (Å²) in [5, 5.41) is 3.02. The Morgan fingerprint density at radius 3 is 2.50 bits per heavy atom. The molecule has 0 aliphatic carbocycles. The minimum atomic E-state index is -0.0151. The predicted octanol–water partition coefficient (Wildman–Crippen LogP) is 3.00. The monoisotopic (exact) mass is 268 g/mol. The van der Waals surface area contributed by atoms with Gasteiger partial charge in [0.2, 0.25) is 5.91 Å². The number of rotatable bonds is 4. The van der Waals surface area contributed by atoms with Crippen molar-refractivity contribution in [3.8, 4) is 0 Å². The molecule has 0 aromatic heterocycles. The molecular weight excluding hydrogens is 248 g/mol. The number of aryl methyl sites for hydroxylation is 1. The van der Waals surface area contributed by atoms with E-state index in [1.807, 2.05) is 62.4 Å². The fourth-order valence-electron chi connectivity index (χ4n) is 2.31. The molecule has 0 saturated carbocycles. The van der Waals surface area contributed by atoms with Crippen molar-refractivity contribution in [2.45, 2.75) is 26.3 Å². The van der Waals surface area contributed by atoms with Gasteiger partial charge in [-0.15, -0.1) is 0 Å². The highest BCUT2D eigenvalue weighted by Crippen LogP contribution is 2.17. The lowest BCUT2D eigenvalue weighted by Gasteiger charge is -2.17. The van der Waals surface area contributed by atoms with E-state index in [1.54, 1.807) is 0 Å². The number of nitrogen functional groups attached to an aromatic ring is 1. The molecule has 2 aromatic rings. The molecule has 2 aromatic carbocycles. The third-order valence-electron chi connectivity index (χ3n) is 3.44. The highest BCUT2D eigenvalue weighted by molar-refractivity contribution is 5.80. The summed E-state index contributed by atoms with van der Waals surface area (Å²) in [6, 6.07) is 15.5. The molecule has 0 saturated heterocycles. The molecule has 0 aliphatic heterocycles. The van der Waals surface area contributed by atoms with Gasteiger partial charge in [0.1, 0.15) is 0 Å². The van der Waals surface area contributed by atoms with Crippen LogP contribution in [0.1, 0.15) is 29.7 Å². The zero-order chi connectivity index (χ0) is 14.5. The first-order valence-electron chi connectivity index (χ1n) is 6.76. The second-order valence-electron chi connectivity index (χ2n) is 5.02. The molecule has 0 fully saturated rings. The number of hydrogen-bond donors (Lipinski definition) is 2. The average Bonchev–Trinajstić information content (AvgIpc) is 2.41. The summed E-state index contributed by atoms with van der Waals surface area (Å²) in [6.07, 6.45) is 0.308. The largest absolute Gasteiger partial charge is 0.398 e. The molecule has 0 heterocycles. The van der Waals surface area contributed by atoms with Crippen molar-refractivity contribution in [3.05, 3.63) is 65.2 Å². The molecule has 20 heavy (non-hydrogen) atoms. The smallest absolute Gasteiger partial charge is 0.224 e. The van der Waals surface area contributed by atoms with Crippen LogP contribution in [0.25, 0.3) is 0 Å². The van der Waals surface area contributed by atoms with E-state index in [4.69, 9.17) is 5.73 Å². The first-order valence-corrected chi connectivity index (χ1v) is 6.76. The minimum Gasteiger partial charge on any atom is -0.398 e. The Morgan fingerprint density at radius 2 is 1.80 bits per heavy atom. The Bertz CT molecular complexity index is 607. The summed E-state index contributed by atoms with van der Waals surface area (Å²) in [5.41, 5.74) is 9.70. The average molecular weight is 268 g/mol. The van der Waals surface area contributed by atoms with E-state index in [0.717, 1.165) is 11.1 Å². The van der Waals surface area contributed by atoms with Gasteiger partial charge in [-0.05, 0) is 36.6 Å². The Kier molecular flexibility index (Phi) is 4.41. The van der Waals surface area contributed by atoms with Gasteiger partial charge in [-0.2, -0.15) is 0 Å². The Balaban J connectivity index is 2.02. The van der Waals surface area contributed by atoms with E-state index >= 15 is 0 Å². The molecule has 104 valence electrons. The number of amides is 1. The topological polar surface area (TPSA) is 55.1 Å². The first kappa shape index (κ1) is 14.1. The highest BCUT2D eigenvalue weighted by atomic mass is 16.1. The molecular formula is C17H20N2O. The zero-order valence-corrected chi connectivity index (χ0v) is 11.9.